The molecule has 20 heavy (non-hydrogen) atoms. The molecule has 0 amide bonds. The van der Waals surface area contributed by atoms with Gasteiger partial charge < -0.3 is 14.9 Å². The van der Waals surface area contributed by atoms with Crippen LogP contribution in [0.2, 0.25) is 0 Å². The van der Waals surface area contributed by atoms with E-state index in [1.54, 1.807) is 0 Å². The Hall–Kier alpha value is -0.152. The van der Waals surface area contributed by atoms with Crippen molar-refractivity contribution in [3.05, 3.63) is 74.5 Å². The van der Waals surface area contributed by atoms with Gasteiger partial charge >= 0.3 is 0 Å². The second-order valence-electron chi connectivity index (χ2n) is 3.09. The third kappa shape index (κ3) is 5.69. The number of benzene rings is 2. The number of rotatable bonds is 2. The van der Waals surface area contributed by atoms with Crippen molar-refractivity contribution in [1.29, 1.82) is 0 Å². The van der Waals surface area contributed by atoms with Crippen LogP contribution in [0.15, 0.2) is 34.1 Å². The van der Waals surface area contributed by atoms with E-state index in [9.17, 15) is 17.6 Å². The SMILES string of the molecule is Fc1c[c-]c(Sc2[c-]cc(F)c(F)c2)cc1F.[CH3-].[CH3-].[Sm]. The zero-order valence-corrected chi connectivity index (χ0v) is 14.1. The fourth-order valence-electron chi connectivity index (χ4n) is 1.09. The Morgan fingerprint density at radius 3 is 1.35 bits per heavy atom. The summed E-state index contributed by atoms with van der Waals surface area (Å²) >= 11 is 0.909. The Morgan fingerprint density at radius 2 is 1.05 bits per heavy atom. The van der Waals surface area contributed by atoms with Crippen molar-refractivity contribution in [2.24, 2.45) is 0 Å². The molecule has 0 aliphatic carbocycles. The van der Waals surface area contributed by atoms with Gasteiger partial charge in [-0.05, 0) is 0 Å². The molecule has 0 fully saturated rings. The van der Waals surface area contributed by atoms with Crippen LogP contribution in [0.4, 0.5) is 17.6 Å². The summed E-state index contributed by atoms with van der Waals surface area (Å²) in [6.07, 6.45) is 0. The van der Waals surface area contributed by atoms with E-state index in [1.807, 2.05) is 0 Å². The predicted molar refractivity (Wildman–Crippen MR) is 67.3 cm³/mol. The van der Waals surface area contributed by atoms with Crippen LogP contribution in [-0.4, -0.2) is 0 Å². The summed E-state index contributed by atoms with van der Waals surface area (Å²) in [5.41, 5.74) is 0. The van der Waals surface area contributed by atoms with Crippen molar-refractivity contribution < 1.29 is 58.0 Å². The summed E-state index contributed by atoms with van der Waals surface area (Å²) in [5.74, 6) is -4.06. The topological polar surface area (TPSA) is 0 Å². The van der Waals surface area contributed by atoms with Gasteiger partial charge in [0, 0.05) is 52.0 Å². The fraction of sp³-hybridized carbons (Fsp3) is 0. The van der Waals surface area contributed by atoms with Crippen LogP contribution in [0.3, 0.4) is 0 Å². The molecule has 0 aromatic heterocycles. The maximum absolute atomic E-state index is 12.9. The normalized spacial score (nSPS) is 9.00. The van der Waals surface area contributed by atoms with Gasteiger partial charge in [0.05, 0.1) is 11.6 Å². The first-order valence-corrected chi connectivity index (χ1v) is 5.29. The average molecular weight is 437 g/mol. The van der Waals surface area contributed by atoms with E-state index in [4.69, 9.17) is 0 Å². The van der Waals surface area contributed by atoms with E-state index in [1.165, 1.54) is 0 Å². The molecule has 0 saturated carbocycles. The van der Waals surface area contributed by atoms with Crippen LogP contribution < -0.4 is 0 Å². The van der Waals surface area contributed by atoms with Gasteiger partial charge in [-0.25, -0.2) is 8.78 Å². The molecular weight excluding hydrogens is 427 g/mol. The molecule has 6 heteroatoms. The zero-order chi connectivity index (χ0) is 12.4. The first-order chi connectivity index (χ1) is 8.06. The Balaban J connectivity index is 0. The molecule has 110 valence electrons. The van der Waals surface area contributed by atoms with Crippen LogP contribution in [0.25, 0.3) is 0 Å². The summed E-state index contributed by atoms with van der Waals surface area (Å²) < 4.78 is 51.0. The van der Waals surface area contributed by atoms with E-state index < -0.39 is 23.3 Å². The van der Waals surface area contributed by atoms with E-state index in [2.05, 4.69) is 12.1 Å². The van der Waals surface area contributed by atoms with Gasteiger partial charge in [0.25, 0.3) is 0 Å². The first-order valence-electron chi connectivity index (χ1n) is 4.47. The largest absolute Gasteiger partial charge is 0.358 e. The summed E-state index contributed by atoms with van der Waals surface area (Å²) in [7, 11) is 0. The van der Waals surface area contributed by atoms with Gasteiger partial charge in [-0.1, -0.05) is 0 Å². The van der Waals surface area contributed by atoms with E-state index in [0.29, 0.717) is 0 Å². The predicted octanol–water partition coefficient (Wildman–Crippen LogP) is 4.90. The Kier molecular flexibility index (Phi) is 10.8. The molecule has 0 aliphatic heterocycles. The molecule has 0 unspecified atom stereocenters. The fourth-order valence-corrected chi connectivity index (χ4v) is 1.89. The monoisotopic (exact) mass is 438 g/mol. The molecule has 0 radical (unpaired) electrons. The minimum Gasteiger partial charge on any atom is -0.358 e. The van der Waals surface area contributed by atoms with E-state index >= 15 is 0 Å². The van der Waals surface area contributed by atoms with E-state index in [-0.39, 0.29) is 65.0 Å². The molecule has 2 rings (SSSR count). The van der Waals surface area contributed by atoms with Crippen molar-refractivity contribution in [1.82, 2.24) is 0 Å². The Labute approximate surface area is 153 Å². The minimum absolute atomic E-state index is 0. The van der Waals surface area contributed by atoms with Crippen LogP contribution in [0, 0.1) is 90.6 Å². The van der Waals surface area contributed by atoms with Gasteiger partial charge in [-0.15, -0.1) is 45.8 Å². The third-order valence-electron chi connectivity index (χ3n) is 1.87. The smallest absolute Gasteiger partial charge is 0.0504 e. The first kappa shape index (κ1) is 22.1. The second-order valence-corrected chi connectivity index (χ2v) is 4.17. The maximum Gasteiger partial charge on any atom is 0.0504 e. The summed E-state index contributed by atoms with van der Waals surface area (Å²) in [4.78, 5) is 0.511. The van der Waals surface area contributed by atoms with E-state index in [0.717, 1.165) is 36.0 Å². The van der Waals surface area contributed by atoms with Gasteiger partial charge in [0.15, 0.2) is 0 Å². The minimum atomic E-state index is -1.02. The Morgan fingerprint density at radius 1 is 0.700 bits per heavy atom. The third-order valence-corrected chi connectivity index (χ3v) is 2.79. The molecule has 0 aliphatic rings. The quantitative estimate of drug-likeness (QED) is 0.477. The molecule has 0 heterocycles. The molecular formula is C14H10F4SSm-4. The van der Waals surface area contributed by atoms with Gasteiger partial charge in [0.1, 0.15) is 0 Å². The van der Waals surface area contributed by atoms with Crippen LogP contribution >= 0.6 is 11.8 Å². The number of halogens is 4. The van der Waals surface area contributed by atoms with Gasteiger partial charge in [-0.3, -0.25) is 8.78 Å². The second kappa shape index (κ2) is 9.72. The molecule has 2 aromatic rings. The number of hydrogen-bond donors (Lipinski definition) is 0. The average Bonchev–Trinajstić information content (AvgIpc) is 2.29. The van der Waals surface area contributed by atoms with Crippen molar-refractivity contribution >= 4 is 11.8 Å². The van der Waals surface area contributed by atoms with Crippen molar-refractivity contribution in [2.45, 2.75) is 9.79 Å². The molecule has 0 atom stereocenters. The maximum atomic E-state index is 12.9. The van der Waals surface area contributed by atoms with Gasteiger partial charge in [0.2, 0.25) is 0 Å². The molecule has 0 nitrogen and oxygen atoms in total. The zero-order valence-electron chi connectivity index (χ0n) is 10.6. The molecule has 0 bridgehead atoms. The molecule has 0 N–H and O–H groups in total. The summed E-state index contributed by atoms with van der Waals surface area (Å²) in [6, 6.07) is 8.48. The van der Waals surface area contributed by atoms with Crippen molar-refractivity contribution in [3.8, 4) is 0 Å². The van der Waals surface area contributed by atoms with Crippen molar-refractivity contribution in [3.63, 3.8) is 0 Å². The van der Waals surface area contributed by atoms with Crippen molar-refractivity contribution in [2.75, 3.05) is 0 Å². The summed E-state index contributed by atoms with van der Waals surface area (Å²) in [6.45, 7) is 0. The number of hydrogen-bond acceptors (Lipinski definition) is 1. The molecule has 2 aromatic carbocycles. The van der Waals surface area contributed by atoms with Crippen LogP contribution in [0.5, 0.6) is 0 Å². The van der Waals surface area contributed by atoms with Gasteiger partial charge in [-0.2, -0.15) is 12.1 Å². The summed E-state index contributed by atoms with van der Waals surface area (Å²) in [5, 5.41) is 0. The standard InChI is InChI=1S/C12H4F4S.2CH3.Sm/c13-9-3-1-7(5-11(9)15)17-8-2-4-10(14)12(16)6-8;;;/h3-6H;2*1H3;/q-2;2*-1;. The Bertz CT molecular complexity index is 511. The molecule has 0 saturated heterocycles. The van der Waals surface area contributed by atoms with Crippen LogP contribution in [0.1, 0.15) is 0 Å². The van der Waals surface area contributed by atoms with Crippen LogP contribution in [-0.2, 0) is 0 Å². The molecule has 0 spiro atoms.